The van der Waals surface area contributed by atoms with Gasteiger partial charge in [-0.05, 0) is 37.5 Å². The van der Waals surface area contributed by atoms with E-state index < -0.39 is 5.41 Å². The molecule has 0 amide bonds. The van der Waals surface area contributed by atoms with Gasteiger partial charge in [-0.2, -0.15) is 0 Å². The summed E-state index contributed by atoms with van der Waals surface area (Å²) in [6.45, 7) is 2.79. The van der Waals surface area contributed by atoms with Crippen molar-refractivity contribution in [3.63, 3.8) is 0 Å². The lowest BCUT2D eigenvalue weighted by Gasteiger charge is -2.29. The third-order valence-electron chi connectivity index (χ3n) is 3.62. The Morgan fingerprint density at radius 1 is 1.27 bits per heavy atom. The molecule has 0 radical (unpaired) electrons. The van der Waals surface area contributed by atoms with Crippen LogP contribution in [-0.2, 0) is 14.9 Å². The number of halogens is 1. The SMILES string of the molecule is CCOC(=O)C1(c2ccc(OCCCCl)cc2)C=CC=CC1. The predicted molar refractivity (Wildman–Crippen MR) is 88.5 cm³/mol. The number of hydrogen-bond donors (Lipinski definition) is 0. The second-order valence-corrected chi connectivity index (χ2v) is 5.48. The summed E-state index contributed by atoms with van der Waals surface area (Å²) in [6, 6.07) is 7.63. The summed E-state index contributed by atoms with van der Waals surface area (Å²) < 4.78 is 10.9. The van der Waals surface area contributed by atoms with E-state index in [1.807, 2.05) is 55.5 Å². The zero-order valence-electron chi connectivity index (χ0n) is 12.8. The van der Waals surface area contributed by atoms with Gasteiger partial charge in [-0.3, -0.25) is 4.79 Å². The molecule has 3 nitrogen and oxygen atoms in total. The highest BCUT2D eigenvalue weighted by Gasteiger charge is 2.39. The molecule has 22 heavy (non-hydrogen) atoms. The minimum absolute atomic E-state index is 0.216. The van der Waals surface area contributed by atoms with Crippen molar-refractivity contribution in [2.45, 2.75) is 25.2 Å². The molecule has 0 heterocycles. The van der Waals surface area contributed by atoms with E-state index in [9.17, 15) is 4.79 Å². The van der Waals surface area contributed by atoms with Crippen LogP contribution in [0.2, 0.25) is 0 Å². The summed E-state index contributed by atoms with van der Waals surface area (Å²) in [5.74, 6) is 1.15. The fourth-order valence-corrected chi connectivity index (χ4v) is 2.57. The third kappa shape index (κ3) is 3.72. The van der Waals surface area contributed by atoms with Gasteiger partial charge in [0.25, 0.3) is 0 Å². The zero-order valence-corrected chi connectivity index (χ0v) is 13.5. The summed E-state index contributed by atoms with van der Waals surface area (Å²) in [6.07, 6.45) is 9.15. The first kappa shape index (κ1) is 16.6. The Kier molecular flexibility index (Phi) is 6.08. The molecule has 2 rings (SSSR count). The maximum atomic E-state index is 12.5. The van der Waals surface area contributed by atoms with E-state index in [-0.39, 0.29) is 5.97 Å². The van der Waals surface area contributed by atoms with Crippen LogP contribution in [0.25, 0.3) is 0 Å². The Morgan fingerprint density at radius 2 is 2.05 bits per heavy atom. The van der Waals surface area contributed by atoms with Crippen LogP contribution in [0.4, 0.5) is 0 Å². The number of rotatable bonds is 7. The number of allylic oxidation sites excluding steroid dienone is 3. The fourth-order valence-electron chi connectivity index (χ4n) is 2.46. The van der Waals surface area contributed by atoms with E-state index in [1.165, 1.54) is 0 Å². The van der Waals surface area contributed by atoms with Gasteiger partial charge in [-0.1, -0.05) is 36.4 Å². The van der Waals surface area contributed by atoms with Gasteiger partial charge in [0.15, 0.2) is 0 Å². The van der Waals surface area contributed by atoms with E-state index >= 15 is 0 Å². The van der Waals surface area contributed by atoms with E-state index in [2.05, 4.69) is 0 Å². The van der Waals surface area contributed by atoms with E-state index in [0.29, 0.717) is 25.5 Å². The van der Waals surface area contributed by atoms with Gasteiger partial charge < -0.3 is 9.47 Å². The van der Waals surface area contributed by atoms with Crippen molar-refractivity contribution in [1.82, 2.24) is 0 Å². The first-order chi connectivity index (χ1) is 10.7. The number of carbonyl (C=O) groups is 1. The number of benzene rings is 1. The largest absolute Gasteiger partial charge is 0.494 e. The summed E-state index contributed by atoms with van der Waals surface area (Å²) in [5.41, 5.74) is 0.177. The minimum Gasteiger partial charge on any atom is -0.494 e. The molecular formula is C18H21ClO3. The molecule has 0 saturated carbocycles. The summed E-state index contributed by atoms with van der Waals surface area (Å²) in [7, 11) is 0. The van der Waals surface area contributed by atoms with Crippen LogP contribution in [0.15, 0.2) is 48.6 Å². The van der Waals surface area contributed by atoms with Crippen molar-refractivity contribution < 1.29 is 14.3 Å². The van der Waals surface area contributed by atoms with Gasteiger partial charge in [0.05, 0.1) is 13.2 Å². The lowest BCUT2D eigenvalue weighted by Crippen LogP contribution is -2.36. The quantitative estimate of drug-likeness (QED) is 0.432. The second kappa shape index (κ2) is 8.04. The van der Waals surface area contributed by atoms with E-state index in [1.54, 1.807) is 0 Å². The summed E-state index contributed by atoms with van der Waals surface area (Å²) in [5, 5.41) is 0. The van der Waals surface area contributed by atoms with Crippen LogP contribution in [0.1, 0.15) is 25.3 Å². The average molecular weight is 321 g/mol. The molecule has 1 aliphatic carbocycles. The van der Waals surface area contributed by atoms with Crippen molar-refractivity contribution >= 4 is 17.6 Å². The van der Waals surface area contributed by atoms with Crippen LogP contribution < -0.4 is 4.74 Å². The second-order valence-electron chi connectivity index (χ2n) is 5.10. The highest BCUT2D eigenvalue weighted by atomic mass is 35.5. The summed E-state index contributed by atoms with van der Waals surface area (Å²) >= 11 is 5.63. The Balaban J connectivity index is 2.20. The van der Waals surface area contributed by atoms with Crippen LogP contribution >= 0.6 is 11.6 Å². The maximum absolute atomic E-state index is 12.5. The summed E-state index contributed by atoms with van der Waals surface area (Å²) in [4.78, 5) is 12.5. The standard InChI is InChI=1S/C18H21ClO3/c1-2-21-17(20)18(11-4-3-5-12-18)15-7-9-16(10-8-15)22-14-6-13-19/h3-5,7-11H,2,6,12-14H2,1H3. The fraction of sp³-hybridized carbons (Fsp3) is 0.389. The minimum atomic E-state index is -0.737. The molecule has 0 bridgehead atoms. The molecule has 1 atom stereocenters. The lowest BCUT2D eigenvalue weighted by molar-refractivity contribution is -0.148. The molecule has 0 N–H and O–H groups in total. The highest BCUT2D eigenvalue weighted by Crippen LogP contribution is 2.35. The number of ether oxygens (including phenoxy) is 2. The monoisotopic (exact) mass is 320 g/mol. The van der Waals surface area contributed by atoms with Crippen molar-refractivity contribution in [3.05, 3.63) is 54.1 Å². The van der Waals surface area contributed by atoms with Gasteiger partial charge >= 0.3 is 5.97 Å². The van der Waals surface area contributed by atoms with Gasteiger partial charge in [-0.15, -0.1) is 11.6 Å². The smallest absolute Gasteiger partial charge is 0.320 e. The van der Waals surface area contributed by atoms with Gasteiger partial charge in [-0.25, -0.2) is 0 Å². The molecule has 1 unspecified atom stereocenters. The van der Waals surface area contributed by atoms with E-state index in [0.717, 1.165) is 17.7 Å². The molecule has 0 fully saturated rings. The molecule has 0 spiro atoms. The number of esters is 1. The third-order valence-corrected chi connectivity index (χ3v) is 3.89. The predicted octanol–water partition coefficient (Wildman–Crippen LogP) is 4.01. The molecule has 1 aromatic rings. The molecule has 0 aliphatic heterocycles. The maximum Gasteiger partial charge on any atom is 0.320 e. The molecular weight excluding hydrogens is 300 g/mol. The number of hydrogen-bond acceptors (Lipinski definition) is 3. The first-order valence-electron chi connectivity index (χ1n) is 7.54. The Morgan fingerprint density at radius 3 is 2.64 bits per heavy atom. The zero-order chi connectivity index (χ0) is 15.8. The molecule has 1 aliphatic rings. The van der Waals surface area contributed by atoms with Crippen molar-refractivity contribution in [2.75, 3.05) is 19.1 Å². The van der Waals surface area contributed by atoms with Crippen LogP contribution in [0.3, 0.4) is 0 Å². The molecule has 4 heteroatoms. The Labute approximate surface area is 136 Å². The van der Waals surface area contributed by atoms with Crippen LogP contribution in [-0.4, -0.2) is 25.1 Å². The van der Waals surface area contributed by atoms with Crippen molar-refractivity contribution in [2.24, 2.45) is 0 Å². The van der Waals surface area contributed by atoms with Gasteiger partial charge in [0.1, 0.15) is 11.2 Å². The number of carbonyl (C=O) groups excluding carboxylic acids is 1. The van der Waals surface area contributed by atoms with Crippen LogP contribution in [0.5, 0.6) is 5.75 Å². The van der Waals surface area contributed by atoms with Gasteiger partial charge in [0.2, 0.25) is 0 Å². The Bertz CT molecular complexity index is 548. The molecule has 118 valence electrons. The van der Waals surface area contributed by atoms with Crippen molar-refractivity contribution in [3.8, 4) is 5.75 Å². The van der Waals surface area contributed by atoms with Crippen molar-refractivity contribution in [1.29, 1.82) is 0 Å². The normalized spacial score (nSPS) is 19.9. The lowest BCUT2D eigenvalue weighted by atomic mass is 9.75. The van der Waals surface area contributed by atoms with Gasteiger partial charge in [0, 0.05) is 5.88 Å². The van der Waals surface area contributed by atoms with Crippen LogP contribution in [0, 0.1) is 0 Å². The first-order valence-corrected chi connectivity index (χ1v) is 8.07. The molecule has 0 saturated heterocycles. The highest BCUT2D eigenvalue weighted by molar-refractivity contribution is 6.17. The molecule has 1 aromatic carbocycles. The molecule has 0 aromatic heterocycles. The number of alkyl halides is 1. The van der Waals surface area contributed by atoms with E-state index in [4.69, 9.17) is 21.1 Å². The average Bonchev–Trinajstić information content (AvgIpc) is 2.56. The topological polar surface area (TPSA) is 35.5 Å². The Hall–Kier alpha value is -1.74.